The van der Waals surface area contributed by atoms with E-state index in [0.29, 0.717) is 26.2 Å². The van der Waals surface area contributed by atoms with Gasteiger partial charge in [-0.05, 0) is 32.3 Å². The molecule has 3 amide bonds. The summed E-state index contributed by atoms with van der Waals surface area (Å²) < 4.78 is 0. The topological polar surface area (TPSA) is 69.7 Å². The number of carbonyl (C=O) groups excluding carboxylic acids is 3. The number of hydrogen-bond acceptors (Lipinski definition) is 3. The number of piperazine rings is 1. The quantitative estimate of drug-likeness (QED) is 0.842. The average molecular weight is 386 g/mol. The van der Waals surface area contributed by atoms with E-state index in [2.05, 4.69) is 5.32 Å². The molecule has 1 heterocycles. The van der Waals surface area contributed by atoms with Crippen molar-refractivity contribution in [3.8, 4) is 0 Å². The van der Waals surface area contributed by atoms with E-state index < -0.39 is 5.41 Å². The predicted molar refractivity (Wildman–Crippen MR) is 108 cm³/mol. The highest BCUT2D eigenvalue weighted by molar-refractivity contribution is 5.88. The smallest absolute Gasteiger partial charge is 0.242 e. The highest BCUT2D eigenvalue weighted by atomic mass is 16.2. The normalized spacial score (nSPS) is 18.2. The zero-order valence-electron chi connectivity index (χ0n) is 16.9. The molecule has 1 saturated heterocycles. The maximum atomic E-state index is 13.0. The lowest BCUT2D eigenvalue weighted by molar-refractivity contribution is -0.142. The fourth-order valence-corrected chi connectivity index (χ4v) is 4.14. The summed E-state index contributed by atoms with van der Waals surface area (Å²) in [4.78, 5) is 41.1. The molecule has 1 saturated carbocycles. The molecule has 6 heteroatoms. The number of carbonyl (C=O) groups is 3. The van der Waals surface area contributed by atoms with Gasteiger partial charge >= 0.3 is 0 Å². The van der Waals surface area contributed by atoms with Gasteiger partial charge in [0.2, 0.25) is 17.7 Å². The fraction of sp³-hybridized carbons (Fsp3) is 0.591. The van der Waals surface area contributed by atoms with Gasteiger partial charge in [0, 0.05) is 32.1 Å². The molecular formula is C22H31N3O3. The Hall–Kier alpha value is -2.37. The molecule has 0 radical (unpaired) electrons. The number of nitrogens with zero attached hydrogens (tertiary/aromatic N) is 2. The van der Waals surface area contributed by atoms with Crippen LogP contribution in [0.2, 0.25) is 0 Å². The van der Waals surface area contributed by atoms with Crippen LogP contribution in [0.25, 0.3) is 0 Å². The van der Waals surface area contributed by atoms with E-state index in [1.54, 1.807) is 4.90 Å². The molecule has 1 aliphatic heterocycles. The Kier molecular flexibility index (Phi) is 6.37. The van der Waals surface area contributed by atoms with Gasteiger partial charge in [-0.1, -0.05) is 43.2 Å². The molecule has 6 nitrogen and oxygen atoms in total. The van der Waals surface area contributed by atoms with Gasteiger partial charge in [0.05, 0.1) is 12.0 Å². The summed E-state index contributed by atoms with van der Waals surface area (Å²) in [7, 11) is 0. The second kappa shape index (κ2) is 8.76. The SMILES string of the molecule is CC(C)(C(=O)N1CCN(C(=O)CNC(=O)C2CCCC2)CC1)c1ccccc1. The number of nitrogens with one attached hydrogen (secondary N) is 1. The maximum absolute atomic E-state index is 13.0. The maximum Gasteiger partial charge on any atom is 0.242 e. The van der Waals surface area contributed by atoms with Crippen molar-refractivity contribution in [2.24, 2.45) is 5.92 Å². The summed E-state index contributed by atoms with van der Waals surface area (Å²) in [6, 6.07) is 9.79. The third kappa shape index (κ3) is 4.54. The Morgan fingerprint density at radius 1 is 0.964 bits per heavy atom. The summed E-state index contributed by atoms with van der Waals surface area (Å²) in [6.07, 6.45) is 4.05. The van der Waals surface area contributed by atoms with Crippen LogP contribution in [0.3, 0.4) is 0 Å². The first-order chi connectivity index (χ1) is 13.4. The van der Waals surface area contributed by atoms with Crippen molar-refractivity contribution in [1.29, 1.82) is 0 Å². The van der Waals surface area contributed by atoms with Gasteiger partial charge in [-0.15, -0.1) is 0 Å². The molecule has 28 heavy (non-hydrogen) atoms. The standard InChI is InChI=1S/C22H31N3O3/c1-22(2,18-10-4-3-5-11-18)21(28)25-14-12-24(13-15-25)19(26)16-23-20(27)17-8-6-7-9-17/h3-5,10-11,17H,6-9,12-16H2,1-2H3,(H,23,27). The zero-order chi connectivity index (χ0) is 20.1. The first kappa shape index (κ1) is 20.4. The van der Waals surface area contributed by atoms with E-state index >= 15 is 0 Å². The lowest BCUT2D eigenvalue weighted by Crippen LogP contribution is -2.55. The summed E-state index contributed by atoms with van der Waals surface area (Å²) >= 11 is 0. The Labute approximate surface area is 167 Å². The molecule has 0 atom stereocenters. The van der Waals surface area contributed by atoms with Crippen molar-refractivity contribution >= 4 is 17.7 Å². The molecule has 0 aromatic heterocycles. The van der Waals surface area contributed by atoms with E-state index in [1.807, 2.05) is 49.1 Å². The lowest BCUT2D eigenvalue weighted by atomic mass is 9.83. The van der Waals surface area contributed by atoms with E-state index in [4.69, 9.17) is 0 Å². The van der Waals surface area contributed by atoms with Gasteiger partial charge in [0.15, 0.2) is 0 Å². The Balaban J connectivity index is 1.47. The molecule has 1 aromatic rings. The zero-order valence-corrected chi connectivity index (χ0v) is 16.9. The van der Waals surface area contributed by atoms with Crippen LogP contribution < -0.4 is 5.32 Å². The minimum Gasteiger partial charge on any atom is -0.347 e. The van der Waals surface area contributed by atoms with Crippen molar-refractivity contribution < 1.29 is 14.4 Å². The molecule has 152 valence electrons. The summed E-state index contributed by atoms with van der Waals surface area (Å²) in [5.41, 5.74) is 0.399. The molecule has 0 unspecified atom stereocenters. The molecule has 1 aromatic carbocycles. The van der Waals surface area contributed by atoms with Gasteiger partial charge in [0.1, 0.15) is 0 Å². The summed E-state index contributed by atoms with van der Waals surface area (Å²) in [5.74, 6) is 0.0906. The van der Waals surface area contributed by atoms with E-state index in [1.165, 1.54) is 0 Å². The second-order valence-electron chi connectivity index (χ2n) is 8.36. The molecular weight excluding hydrogens is 354 g/mol. The van der Waals surface area contributed by atoms with Crippen LogP contribution in [0.5, 0.6) is 0 Å². The van der Waals surface area contributed by atoms with Crippen molar-refractivity contribution in [2.45, 2.75) is 44.9 Å². The third-order valence-corrected chi connectivity index (χ3v) is 6.09. The van der Waals surface area contributed by atoms with Gasteiger partial charge in [-0.2, -0.15) is 0 Å². The Morgan fingerprint density at radius 2 is 1.54 bits per heavy atom. The van der Waals surface area contributed by atoms with Crippen molar-refractivity contribution in [3.05, 3.63) is 35.9 Å². The monoisotopic (exact) mass is 385 g/mol. The van der Waals surface area contributed by atoms with Crippen molar-refractivity contribution in [2.75, 3.05) is 32.7 Å². The number of hydrogen-bond donors (Lipinski definition) is 1. The summed E-state index contributed by atoms with van der Waals surface area (Å²) in [6.45, 7) is 6.01. The summed E-state index contributed by atoms with van der Waals surface area (Å²) in [5, 5.41) is 2.79. The molecule has 1 N–H and O–H groups in total. The first-order valence-electron chi connectivity index (χ1n) is 10.3. The van der Waals surface area contributed by atoms with Crippen LogP contribution in [0.4, 0.5) is 0 Å². The molecule has 0 spiro atoms. The van der Waals surface area contributed by atoms with E-state index in [0.717, 1.165) is 31.2 Å². The van der Waals surface area contributed by atoms with Crippen LogP contribution >= 0.6 is 0 Å². The van der Waals surface area contributed by atoms with Crippen LogP contribution in [0, 0.1) is 5.92 Å². The highest BCUT2D eigenvalue weighted by Crippen LogP contribution is 2.26. The minimum absolute atomic E-state index is 0.00396. The molecule has 2 fully saturated rings. The van der Waals surface area contributed by atoms with E-state index in [-0.39, 0.29) is 30.2 Å². The third-order valence-electron chi connectivity index (χ3n) is 6.09. The number of benzene rings is 1. The number of rotatable bonds is 5. The molecule has 0 bridgehead atoms. The minimum atomic E-state index is -0.595. The van der Waals surface area contributed by atoms with Gasteiger partial charge in [-0.25, -0.2) is 0 Å². The second-order valence-corrected chi connectivity index (χ2v) is 8.36. The molecule has 1 aliphatic carbocycles. The van der Waals surface area contributed by atoms with Crippen LogP contribution in [0.15, 0.2) is 30.3 Å². The van der Waals surface area contributed by atoms with E-state index in [9.17, 15) is 14.4 Å². The predicted octanol–water partition coefficient (Wildman–Crippen LogP) is 1.94. The molecule has 2 aliphatic rings. The molecule has 3 rings (SSSR count). The Bertz CT molecular complexity index is 703. The van der Waals surface area contributed by atoms with Crippen LogP contribution in [0.1, 0.15) is 45.1 Å². The Morgan fingerprint density at radius 3 is 2.14 bits per heavy atom. The largest absolute Gasteiger partial charge is 0.347 e. The van der Waals surface area contributed by atoms with Crippen LogP contribution in [-0.2, 0) is 19.8 Å². The van der Waals surface area contributed by atoms with Crippen LogP contribution in [-0.4, -0.2) is 60.2 Å². The highest BCUT2D eigenvalue weighted by Gasteiger charge is 2.35. The van der Waals surface area contributed by atoms with Gasteiger partial charge in [-0.3, -0.25) is 14.4 Å². The fourth-order valence-electron chi connectivity index (χ4n) is 4.14. The average Bonchev–Trinajstić information content (AvgIpc) is 3.27. The first-order valence-corrected chi connectivity index (χ1v) is 10.3. The lowest BCUT2D eigenvalue weighted by Gasteiger charge is -2.38. The number of amides is 3. The van der Waals surface area contributed by atoms with Gasteiger partial charge < -0.3 is 15.1 Å². The van der Waals surface area contributed by atoms with Crippen molar-refractivity contribution in [1.82, 2.24) is 15.1 Å². The van der Waals surface area contributed by atoms with Gasteiger partial charge in [0.25, 0.3) is 0 Å². The van der Waals surface area contributed by atoms with Crippen molar-refractivity contribution in [3.63, 3.8) is 0 Å².